The first kappa shape index (κ1) is 13.8. The number of benzene rings is 1. The fraction of sp³-hybridized carbons (Fsp3) is 0.364. The Balaban J connectivity index is 2.81. The molecule has 17 heavy (non-hydrogen) atoms. The Morgan fingerprint density at radius 2 is 2.24 bits per heavy atom. The van der Waals surface area contributed by atoms with E-state index < -0.39 is 11.9 Å². The lowest BCUT2D eigenvalue weighted by atomic mass is 10.2. The first-order valence-corrected chi connectivity index (χ1v) is 6.03. The maximum atomic E-state index is 13.1. The summed E-state index contributed by atoms with van der Waals surface area (Å²) in [5.74, 6) is -0.564. The Kier molecular flexibility index (Phi) is 4.74. The van der Waals surface area contributed by atoms with Crippen LogP contribution in [0.25, 0.3) is 0 Å². The molecule has 0 aromatic heterocycles. The molecule has 0 saturated carbocycles. The molecule has 1 aromatic rings. The van der Waals surface area contributed by atoms with Crippen molar-refractivity contribution in [3.8, 4) is 0 Å². The molecule has 6 heteroatoms. The molecule has 4 nitrogen and oxygen atoms in total. The van der Waals surface area contributed by atoms with Gasteiger partial charge in [-0.15, -0.1) is 0 Å². The van der Waals surface area contributed by atoms with Crippen molar-refractivity contribution in [2.24, 2.45) is 0 Å². The minimum Gasteiger partial charge on any atom is -0.397 e. The number of nitrogens with one attached hydrogen (secondary N) is 2. The molecule has 1 atom stereocenters. The van der Waals surface area contributed by atoms with Crippen LogP contribution in [0.15, 0.2) is 16.6 Å². The number of anilines is 2. The zero-order valence-corrected chi connectivity index (χ0v) is 11.3. The Labute approximate surface area is 108 Å². The van der Waals surface area contributed by atoms with E-state index in [-0.39, 0.29) is 11.6 Å². The maximum absolute atomic E-state index is 13.1. The fourth-order valence-electron chi connectivity index (χ4n) is 1.31. The van der Waals surface area contributed by atoms with E-state index >= 15 is 0 Å². The Morgan fingerprint density at radius 1 is 1.59 bits per heavy atom. The number of halogens is 2. The normalized spacial score (nSPS) is 12.0. The number of likely N-dealkylation sites (N-methyl/N-ethyl adjacent to an activating group) is 1. The predicted molar refractivity (Wildman–Crippen MR) is 70.3 cm³/mol. The van der Waals surface area contributed by atoms with Gasteiger partial charge < -0.3 is 16.4 Å². The van der Waals surface area contributed by atoms with E-state index in [0.29, 0.717) is 16.7 Å². The fourth-order valence-corrected chi connectivity index (χ4v) is 1.66. The van der Waals surface area contributed by atoms with Gasteiger partial charge in [0.25, 0.3) is 0 Å². The van der Waals surface area contributed by atoms with Crippen molar-refractivity contribution < 1.29 is 9.18 Å². The molecule has 1 aromatic carbocycles. The number of rotatable bonds is 4. The van der Waals surface area contributed by atoms with Crippen LogP contribution in [0.4, 0.5) is 15.8 Å². The number of hydrogen-bond acceptors (Lipinski definition) is 3. The first-order valence-electron chi connectivity index (χ1n) is 5.24. The van der Waals surface area contributed by atoms with Crippen LogP contribution in [0.2, 0.25) is 0 Å². The summed E-state index contributed by atoms with van der Waals surface area (Å²) < 4.78 is 13.4. The average Bonchev–Trinajstić information content (AvgIpc) is 2.26. The molecule has 0 saturated heterocycles. The number of carbonyl (C=O) groups is 1. The second-order valence-electron chi connectivity index (χ2n) is 3.61. The van der Waals surface area contributed by atoms with Gasteiger partial charge in [-0.05, 0) is 35.8 Å². The third-order valence-electron chi connectivity index (χ3n) is 2.21. The smallest absolute Gasteiger partial charge is 0.242 e. The van der Waals surface area contributed by atoms with E-state index in [1.165, 1.54) is 12.1 Å². The van der Waals surface area contributed by atoms with Crippen molar-refractivity contribution >= 4 is 33.2 Å². The number of nitrogen functional groups attached to an aromatic ring is 1. The van der Waals surface area contributed by atoms with E-state index in [0.717, 1.165) is 0 Å². The molecule has 0 fully saturated rings. The lowest BCUT2D eigenvalue weighted by Crippen LogP contribution is -2.37. The first-order chi connectivity index (χ1) is 7.95. The minimum absolute atomic E-state index is 0.132. The topological polar surface area (TPSA) is 67.2 Å². The van der Waals surface area contributed by atoms with Crippen molar-refractivity contribution in [2.75, 3.05) is 17.6 Å². The van der Waals surface area contributed by atoms with Gasteiger partial charge in [0.1, 0.15) is 11.9 Å². The van der Waals surface area contributed by atoms with Gasteiger partial charge >= 0.3 is 0 Å². The van der Waals surface area contributed by atoms with Gasteiger partial charge in [0.05, 0.1) is 15.8 Å². The van der Waals surface area contributed by atoms with E-state index in [2.05, 4.69) is 26.6 Å². The molecule has 1 amide bonds. The molecule has 0 bridgehead atoms. The average molecular weight is 304 g/mol. The summed E-state index contributed by atoms with van der Waals surface area (Å²) in [7, 11) is 0. The van der Waals surface area contributed by atoms with E-state index in [1.807, 2.05) is 6.92 Å². The molecule has 0 heterocycles. The van der Waals surface area contributed by atoms with Crippen LogP contribution in [0, 0.1) is 5.82 Å². The molecule has 0 aliphatic carbocycles. The van der Waals surface area contributed by atoms with Crippen LogP contribution >= 0.6 is 15.9 Å². The van der Waals surface area contributed by atoms with Crippen LogP contribution in [0.5, 0.6) is 0 Å². The highest BCUT2D eigenvalue weighted by Gasteiger charge is 2.14. The molecule has 0 aliphatic heterocycles. The summed E-state index contributed by atoms with van der Waals surface area (Å²) in [5, 5.41) is 5.61. The number of nitrogens with two attached hydrogens (primary N) is 1. The Bertz CT molecular complexity index is 425. The van der Waals surface area contributed by atoms with Gasteiger partial charge in [0.15, 0.2) is 0 Å². The lowest BCUT2D eigenvalue weighted by Gasteiger charge is -2.16. The highest BCUT2D eigenvalue weighted by atomic mass is 79.9. The number of carbonyl (C=O) groups excluding carboxylic acids is 1. The van der Waals surface area contributed by atoms with Crippen molar-refractivity contribution in [3.63, 3.8) is 0 Å². The van der Waals surface area contributed by atoms with Gasteiger partial charge in [-0.2, -0.15) is 0 Å². The minimum atomic E-state index is -0.436. The van der Waals surface area contributed by atoms with Crippen molar-refractivity contribution in [2.45, 2.75) is 19.9 Å². The van der Waals surface area contributed by atoms with Gasteiger partial charge in [0.2, 0.25) is 5.91 Å². The molecule has 0 radical (unpaired) electrons. The van der Waals surface area contributed by atoms with Crippen LogP contribution in [-0.4, -0.2) is 18.5 Å². The lowest BCUT2D eigenvalue weighted by molar-refractivity contribution is -0.121. The standard InChI is InChI=1S/C11H15BrFN3O/c1-3-15-11(17)6(2)16-10-4-7(12)8(13)5-9(10)14/h4-6,16H,3,14H2,1-2H3,(H,15,17). The van der Waals surface area contributed by atoms with Gasteiger partial charge in [-0.25, -0.2) is 4.39 Å². The number of amides is 1. The van der Waals surface area contributed by atoms with Crippen molar-refractivity contribution in [1.82, 2.24) is 5.32 Å². The molecule has 1 rings (SSSR count). The van der Waals surface area contributed by atoms with E-state index in [9.17, 15) is 9.18 Å². The summed E-state index contributed by atoms with van der Waals surface area (Å²) in [6.45, 7) is 4.11. The predicted octanol–water partition coefficient (Wildman–Crippen LogP) is 2.11. The summed E-state index contributed by atoms with van der Waals surface area (Å²) in [4.78, 5) is 11.5. The molecule has 4 N–H and O–H groups in total. The largest absolute Gasteiger partial charge is 0.397 e. The summed E-state index contributed by atoms with van der Waals surface area (Å²) in [6.07, 6.45) is 0. The zero-order chi connectivity index (χ0) is 13.0. The molecular weight excluding hydrogens is 289 g/mol. The third-order valence-corrected chi connectivity index (χ3v) is 2.82. The molecule has 94 valence electrons. The molecule has 1 unspecified atom stereocenters. The van der Waals surface area contributed by atoms with Crippen LogP contribution in [0.1, 0.15) is 13.8 Å². The molecular formula is C11H15BrFN3O. The Morgan fingerprint density at radius 3 is 2.82 bits per heavy atom. The monoisotopic (exact) mass is 303 g/mol. The van der Waals surface area contributed by atoms with Crippen LogP contribution in [-0.2, 0) is 4.79 Å². The second kappa shape index (κ2) is 5.86. The molecule has 0 spiro atoms. The van der Waals surface area contributed by atoms with Gasteiger partial charge in [-0.1, -0.05) is 0 Å². The van der Waals surface area contributed by atoms with Crippen molar-refractivity contribution in [1.29, 1.82) is 0 Å². The Hall–Kier alpha value is -1.30. The van der Waals surface area contributed by atoms with Gasteiger partial charge in [0, 0.05) is 12.6 Å². The van der Waals surface area contributed by atoms with E-state index in [1.54, 1.807) is 6.92 Å². The summed E-state index contributed by atoms with van der Waals surface area (Å²) >= 11 is 3.07. The summed E-state index contributed by atoms with van der Waals surface area (Å²) in [5.41, 5.74) is 6.45. The quantitative estimate of drug-likeness (QED) is 0.746. The van der Waals surface area contributed by atoms with Crippen LogP contribution < -0.4 is 16.4 Å². The second-order valence-corrected chi connectivity index (χ2v) is 4.47. The maximum Gasteiger partial charge on any atom is 0.242 e. The number of hydrogen-bond donors (Lipinski definition) is 3. The SMILES string of the molecule is CCNC(=O)C(C)Nc1cc(Br)c(F)cc1N. The molecule has 0 aliphatic rings. The summed E-state index contributed by atoms with van der Waals surface area (Å²) in [6, 6.07) is 2.28. The van der Waals surface area contributed by atoms with Crippen molar-refractivity contribution in [3.05, 3.63) is 22.4 Å². The van der Waals surface area contributed by atoms with Gasteiger partial charge in [-0.3, -0.25) is 4.79 Å². The van der Waals surface area contributed by atoms with Crippen LogP contribution in [0.3, 0.4) is 0 Å². The third kappa shape index (κ3) is 3.59. The highest BCUT2D eigenvalue weighted by molar-refractivity contribution is 9.10. The highest BCUT2D eigenvalue weighted by Crippen LogP contribution is 2.27. The van der Waals surface area contributed by atoms with E-state index in [4.69, 9.17) is 5.73 Å². The zero-order valence-electron chi connectivity index (χ0n) is 9.68.